The third kappa shape index (κ3) is 3.75. The summed E-state index contributed by atoms with van der Waals surface area (Å²) in [4.78, 5) is 25.2. The molecule has 4 rings (SSSR count). The molecular weight excluding hydrogens is 402 g/mol. The van der Waals surface area contributed by atoms with E-state index in [1.165, 1.54) is 22.7 Å². The highest BCUT2D eigenvalue weighted by molar-refractivity contribution is 7.22. The van der Waals surface area contributed by atoms with Crippen LogP contribution in [0.3, 0.4) is 0 Å². The smallest absolute Gasteiger partial charge is 0.272 e. The molecule has 0 saturated carbocycles. The molecule has 0 radical (unpaired) electrons. The molecule has 1 amide bonds. The van der Waals surface area contributed by atoms with Crippen molar-refractivity contribution in [1.29, 1.82) is 0 Å². The van der Waals surface area contributed by atoms with Crippen LogP contribution >= 0.6 is 22.7 Å². The number of rotatable bonds is 5. The average Bonchev–Trinajstić information content (AvgIpc) is 3.30. The summed E-state index contributed by atoms with van der Waals surface area (Å²) in [6.07, 6.45) is 0. The van der Waals surface area contributed by atoms with E-state index >= 15 is 0 Å². The molecule has 148 valence electrons. The fraction of sp³-hybridized carbons (Fsp3) is 0.227. The molecule has 0 aliphatic rings. The van der Waals surface area contributed by atoms with Crippen LogP contribution in [0, 0.1) is 20.8 Å². The topological polar surface area (TPSA) is 55.3 Å². The number of thiazole rings is 2. The number of hydrogen-bond donors (Lipinski definition) is 0. The molecule has 0 N–H and O–H groups in total. The summed E-state index contributed by atoms with van der Waals surface area (Å²) in [7, 11) is 1.64. The number of fused-ring (bicyclic) bond motifs is 1. The maximum Gasteiger partial charge on any atom is 0.272 e. The van der Waals surface area contributed by atoms with Gasteiger partial charge in [-0.05, 0) is 38.0 Å². The number of aryl methyl sites for hydroxylation is 3. The van der Waals surface area contributed by atoms with E-state index in [0.29, 0.717) is 22.3 Å². The largest absolute Gasteiger partial charge is 0.494 e. The number of carbonyl (C=O) groups is 1. The van der Waals surface area contributed by atoms with Crippen molar-refractivity contribution in [3.63, 3.8) is 0 Å². The molecule has 0 unspecified atom stereocenters. The molecular formula is C22H21N3O2S2. The lowest BCUT2D eigenvalue weighted by atomic mass is 10.2. The predicted octanol–water partition coefficient (Wildman–Crippen LogP) is 5.53. The predicted molar refractivity (Wildman–Crippen MR) is 119 cm³/mol. The van der Waals surface area contributed by atoms with Crippen LogP contribution in [-0.4, -0.2) is 23.0 Å². The van der Waals surface area contributed by atoms with E-state index in [9.17, 15) is 4.79 Å². The fourth-order valence-corrected chi connectivity index (χ4v) is 5.14. The highest BCUT2D eigenvalue weighted by Crippen LogP contribution is 2.37. The Morgan fingerprint density at radius 3 is 2.45 bits per heavy atom. The number of anilines is 1. The van der Waals surface area contributed by atoms with Crippen molar-refractivity contribution in [3.05, 3.63) is 69.2 Å². The minimum Gasteiger partial charge on any atom is -0.494 e. The molecule has 0 atom stereocenters. The molecule has 2 aromatic heterocycles. The second kappa shape index (κ2) is 7.93. The molecule has 0 fully saturated rings. The SMILES string of the molecule is COc1ccc(C)c2sc(N(Cc3ccccc3)C(=O)c3sc(C)nc3C)nc12. The second-order valence-corrected chi connectivity index (χ2v) is 8.96. The third-order valence-electron chi connectivity index (χ3n) is 4.67. The van der Waals surface area contributed by atoms with Gasteiger partial charge < -0.3 is 4.74 Å². The lowest BCUT2D eigenvalue weighted by Crippen LogP contribution is -2.30. The van der Waals surface area contributed by atoms with E-state index in [2.05, 4.69) is 4.98 Å². The number of ether oxygens (including phenoxy) is 1. The molecule has 0 spiro atoms. The monoisotopic (exact) mass is 423 g/mol. The number of hydrogen-bond acceptors (Lipinski definition) is 6. The van der Waals surface area contributed by atoms with Crippen LogP contribution < -0.4 is 9.64 Å². The average molecular weight is 424 g/mol. The van der Waals surface area contributed by atoms with Crippen LogP contribution in [0.4, 0.5) is 5.13 Å². The number of benzene rings is 2. The Hall–Kier alpha value is -2.77. The summed E-state index contributed by atoms with van der Waals surface area (Å²) in [5, 5.41) is 1.54. The quantitative estimate of drug-likeness (QED) is 0.423. The van der Waals surface area contributed by atoms with Gasteiger partial charge in [-0.2, -0.15) is 0 Å². The molecule has 7 heteroatoms. The van der Waals surface area contributed by atoms with E-state index < -0.39 is 0 Å². The Bertz CT molecular complexity index is 1180. The summed E-state index contributed by atoms with van der Waals surface area (Å²) in [5.74, 6) is 0.637. The maximum atomic E-state index is 13.5. The van der Waals surface area contributed by atoms with Gasteiger partial charge in [0.25, 0.3) is 5.91 Å². The van der Waals surface area contributed by atoms with Crippen molar-refractivity contribution >= 4 is 43.9 Å². The maximum absolute atomic E-state index is 13.5. The Kier molecular flexibility index (Phi) is 5.34. The van der Waals surface area contributed by atoms with Gasteiger partial charge in [-0.25, -0.2) is 9.97 Å². The van der Waals surface area contributed by atoms with Crippen LogP contribution in [0.5, 0.6) is 5.75 Å². The van der Waals surface area contributed by atoms with Crippen LogP contribution in [0.15, 0.2) is 42.5 Å². The van der Waals surface area contributed by atoms with Gasteiger partial charge >= 0.3 is 0 Å². The third-order valence-corrected chi connectivity index (χ3v) is 6.94. The van der Waals surface area contributed by atoms with Crippen molar-refractivity contribution in [2.45, 2.75) is 27.3 Å². The summed E-state index contributed by atoms with van der Waals surface area (Å²) < 4.78 is 6.52. The lowest BCUT2D eigenvalue weighted by molar-refractivity contribution is 0.0988. The second-order valence-electron chi connectivity index (χ2n) is 6.78. The first-order valence-corrected chi connectivity index (χ1v) is 10.8. The normalized spacial score (nSPS) is 11.0. The van der Waals surface area contributed by atoms with Gasteiger partial charge in [-0.15, -0.1) is 11.3 Å². The van der Waals surface area contributed by atoms with Gasteiger partial charge in [-0.3, -0.25) is 9.69 Å². The summed E-state index contributed by atoms with van der Waals surface area (Å²) in [6.45, 7) is 6.28. The number of aromatic nitrogens is 2. The Morgan fingerprint density at radius 1 is 1.03 bits per heavy atom. The molecule has 0 bridgehead atoms. The lowest BCUT2D eigenvalue weighted by Gasteiger charge is -2.19. The number of nitrogens with zero attached hydrogens (tertiary/aromatic N) is 3. The minimum absolute atomic E-state index is 0.0763. The zero-order valence-electron chi connectivity index (χ0n) is 16.7. The van der Waals surface area contributed by atoms with E-state index in [1.807, 2.05) is 63.2 Å². The molecule has 29 heavy (non-hydrogen) atoms. The van der Waals surface area contributed by atoms with Crippen molar-refractivity contribution in [1.82, 2.24) is 9.97 Å². The molecule has 2 aromatic carbocycles. The molecule has 0 saturated heterocycles. The molecule has 2 heterocycles. The standard InChI is InChI=1S/C22H21N3O2S2/c1-13-10-11-17(27-4)18-19(13)29-22(24-18)25(12-16-8-6-5-7-9-16)21(26)20-14(2)23-15(3)28-20/h5-11H,12H2,1-4H3. The molecule has 0 aliphatic carbocycles. The highest BCUT2D eigenvalue weighted by atomic mass is 32.1. The van der Waals surface area contributed by atoms with Crippen LogP contribution in [-0.2, 0) is 6.54 Å². The van der Waals surface area contributed by atoms with E-state index in [1.54, 1.807) is 12.0 Å². The van der Waals surface area contributed by atoms with Gasteiger partial charge in [0.05, 0.1) is 29.1 Å². The Labute approximate surface area is 177 Å². The van der Waals surface area contributed by atoms with E-state index in [4.69, 9.17) is 9.72 Å². The first-order valence-electron chi connectivity index (χ1n) is 9.22. The zero-order chi connectivity index (χ0) is 20.5. The van der Waals surface area contributed by atoms with Crippen molar-refractivity contribution in [3.8, 4) is 5.75 Å². The summed E-state index contributed by atoms with van der Waals surface area (Å²) in [6, 6.07) is 13.9. The first kappa shape index (κ1) is 19.5. The van der Waals surface area contributed by atoms with Gasteiger partial charge in [0, 0.05) is 0 Å². The Balaban J connectivity index is 1.84. The van der Waals surface area contributed by atoms with Crippen LogP contribution in [0.1, 0.15) is 31.5 Å². The van der Waals surface area contributed by atoms with Crippen molar-refractivity contribution < 1.29 is 9.53 Å². The minimum atomic E-state index is -0.0763. The van der Waals surface area contributed by atoms with Gasteiger partial charge in [0.15, 0.2) is 5.13 Å². The van der Waals surface area contributed by atoms with Crippen molar-refractivity contribution in [2.75, 3.05) is 12.0 Å². The van der Waals surface area contributed by atoms with Gasteiger partial charge in [0.1, 0.15) is 16.1 Å². The Morgan fingerprint density at radius 2 is 1.79 bits per heavy atom. The molecule has 4 aromatic rings. The number of amides is 1. The number of methoxy groups -OCH3 is 1. The van der Waals surface area contributed by atoms with Gasteiger partial charge in [-0.1, -0.05) is 47.7 Å². The summed E-state index contributed by atoms with van der Waals surface area (Å²) >= 11 is 2.94. The van der Waals surface area contributed by atoms with Crippen molar-refractivity contribution in [2.24, 2.45) is 0 Å². The fourth-order valence-electron chi connectivity index (χ4n) is 3.22. The van der Waals surface area contributed by atoms with Gasteiger partial charge in [0.2, 0.25) is 0 Å². The van der Waals surface area contributed by atoms with E-state index in [0.717, 1.165) is 32.0 Å². The molecule has 5 nitrogen and oxygen atoms in total. The first-order chi connectivity index (χ1) is 14.0. The molecule has 0 aliphatic heterocycles. The summed E-state index contributed by atoms with van der Waals surface area (Å²) in [5.41, 5.74) is 3.70. The van der Waals surface area contributed by atoms with Crippen LogP contribution in [0.25, 0.3) is 10.2 Å². The van der Waals surface area contributed by atoms with Crippen LogP contribution in [0.2, 0.25) is 0 Å². The zero-order valence-corrected chi connectivity index (χ0v) is 18.4. The van der Waals surface area contributed by atoms with E-state index in [-0.39, 0.29) is 5.91 Å². The number of carbonyl (C=O) groups excluding carboxylic acids is 1. The highest BCUT2D eigenvalue weighted by Gasteiger charge is 2.26.